The van der Waals surface area contributed by atoms with E-state index in [0.717, 1.165) is 38.3 Å². The summed E-state index contributed by atoms with van der Waals surface area (Å²) in [5.74, 6) is 0. The topological polar surface area (TPSA) is 38.9 Å². The average molecular weight is 349 g/mol. The Labute approximate surface area is 155 Å². The van der Waals surface area contributed by atoms with Crippen LogP contribution in [0, 0.1) is 13.8 Å². The van der Waals surface area contributed by atoms with Crippen LogP contribution in [0.25, 0.3) is 6.20 Å². The lowest BCUT2D eigenvalue weighted by Gasteiger charge is -2.23. The van der Waals surface area contributed by atoms with Crippen LogP contribution in [0.5, 0.6) is 0 Å². The van der Waals surface area contributed by atoms with Crippen molar-refractivity contribution in [2.45, 2.75) is 39.9 Å². The first kappa shape index (κ1) is 18.1. The summed E-state index contributed by atoms with van der Waals surface area (Å²) >= 11 is 0. The summed E-state index contributed by atoms with van der Waals surface area (Å²) in [7, 11) is 0. The minimum Gasteiger partial charge on any atom is -0.337 e. The van der Waals surface area contributed by atoms with Gasteiger partial charge in [-0.15, -0.1) is 0 Å². The predicted molar refractivity (Wildman–Crippen MR) is 105 cm³/mol. The molecule has 0 saturated heterocycles. The van der Waals surface area contributed by atoms with E-state index < -0.39 is 0 Å². The minimum absolute atomic E-state index is 0.887. The number of hydrogen-bond acceptors (Lipinski definition) is 3. The van der Waals surface area contributed by atoms with Gasteiger partial charge >= 0.3 is 0 Å². The molecular formula is C21H27N5. The summed E-state index contributed by atoms with van der Waals surface area (Å²) in [6.07, 6.45) is 10.5. The number of benzene rings is 1. The molecule has 0 aliphatic rings. The summed E-state index contributed by atoms with van der Waals surface area (Å²) in [6, 6.07) is 8.62. The summed E-state index contributed by atoms with van der Waals surface area (Å²) in [6.45, 7) is 11.9. The van der Waals surface area contributed by atoms with Crippen molar-refractivity contribution >= 4 is 6.20 Å². The Morgan fingerprint density at radius 1 is 1.15 bits per heavy atom. The third kappa shape index (κ3) is 4.49. The van der Waals surface area contributed by atoms with Crippen LogP contribution >= 0.6 is 0 Å². The van der Waals surface area contributed by atoms with Gasteiger partial charge in [-0.3, -0.25) is 4.90 Å². The standard InChI is InChI=1S/C21H27N5/c1-4-26-19(3)21(14-23-26)16-25(12-7-11-24-13-10-22-17-24)15-20-9-6-5-8-18(20)2/h4-6,8-10,13-14,17H,1,7,11-12,15-16H2,2-3H3. The molecule has 0 bridgehead atoms. The lowest BCUT2D eigenvalue weighted by molar-refractivity contribution is 0.247. The molecule has 26 heavy (non-hydrogen) atoms. The van der Waals surface area contributed by atoms with E-state index in [2.05, 4.69) is 64.2 Å². The Morgan fingerprint density at radius 3 is 2.65 bits per heavy atom. The first-order valence-corrected chi connectivity index (χ1v) is 9.05. The Kier molecular flexibility index (Phi) is 6.02. The maximum absolute atomic E-state index is 4.39. The van der Waals surface area contributed by atoms with Gasteiger partial charge in [-0.25, -0.2) is 9.67 Å². The van der Waals surface area contributed by atoms with Crippen LogP contribution in [-0.2, 0) is 19.6 Å². The van der Waals surface area contributed by atoms with Crippen LogP contribution in [0.15, 0.2) is 55.8 Å². The van der Waals surface area contributed by atoms with Crippen molar-refractivity contribution in [2.24, 2.45) is 0 Å². The van der Waals surface area contributed by atoms with Crippen molar-refractivity contribution < 1.29 is 0 Å². The van der Waals surface area contributed by atoms with Gasteiger partial charge in [0.25, 0.3) is 0 Å². The molecule has 2 aromatic heterocycles. The summed E-state index contributed by atoms with van der Waals surface area (Å²) in [4.78, 5) is 6.62. The Hall–Kier alpha value is -2.66. The molecule has 3 rings (SSSR count). The lowest BCUT2D eigenvalue weighted by atomic mass is 10.1. The van der Waals surface area contributed by atoms with Crippen molar-refractivity contribution in [2.75, 3.05) is 6.54 Å². The average Bonchev–Trinajstić information content (AvgIpc) is 3.27. The van der Waals surface area contributed by atoms with E-state index in [0.29, 0.717) is 0 Å². The second-order valence-electron chi connectivity index (χ2n) is 6.67. The van der Waals surface area contributed by atoms with Gasteiger partial charge in [-0.1, -0.05) is 30.8 Å². The van der Waals surface area contributed by atoms with E-state index in [9.17, 15) is 0 Å². The number of imidazole rings is 1. The number of aromatic nitrogens is 4. The highest BCUT2D eigenvalue weighted by Gasteiger charge is 2.12. The molecule has 5 heteroatoms. The third-order valence-corrected chi connectivity index (χ3v) is 4.82. The number of rotatable bonds is 9. The monoisotopic (exact) mass is 349 g/mol. The van der Waals surface area contributed by atoms with Gasteiger partial charge in [-0.05, 0) is 31.4 Å². The molecule has 0 atom stereocenters. The van der Waals surface area contributed by atoms with Crippen LogP contribution in [0.1, 0.15) is 28.8 Å². The quantitative estimate of drug-likeness (QED) is 0.588. The van der Waals surface area contributed by atoms with Crippen LogP contribution in [0.3, 0.4) is 0 Å². The Morgan fingerprint density at radius 2 is 1.96 bits per heavy atom. The fourth-order valence-corrected chi connectivity index (χ4v) is 3.18. The van der Waals surface area contributed by atoms with E-state index in [1.54, 1.807) is 6.20 Å². The van der Waals surface area contributed by atoms with E-state index in [1.807, 2.05) is 29.6 Å². The largest absolute Gasteiger partial charge is 0.337 e. The van der Waals surface area contributed by atoms with Crippen molar-refractivity contribution in [3.05, 3.63) is 78.1 Å². The lowest BCUT2D eigenvalue weighted by Crippen LogP contribution is -2.25. The normalized spacial score (nSPS) is 11.2. The molecule has 0 aliphatic heterocycles. The first-order chi connectivity index (χ1) is 12.7. The van der Waals surface area contributed by atoms with E-state index >= 15 is 0 Å². The fourth-order valence-electron chi connectivity index (χ4n) is 3.18. The third-order valence-electron chi connectivity index (χ3n) is 4.82. The van der Waals surface area contributed by atoms with Crippen LogP contribution in [-0.4, -0.2) is 30.8 Å². The first-order valence-electron chi connectivity index (χ1n) is 9.05. The van der Waals surface area contributed by atoms with Crippen LogP contribution in [0.2, 0.25) is 0 Å². The number of hydrogen-bond donors (Lipinski definition) is 0. The smallest absolute Gasteiger partial charge is 0.0945 e. The molecule has 2 heterocycles. The van der Waals surface area contributed by atoms with Gasteiger partial charge < -0.3 is 4.57 Å². The number of aryl methyl sites for hydroxylation is 2. The molecule has 0 amide bonds. The predicted octanol–water partition coefficient (Wildman–Crippen LogP) is 3.89. The van der Waals surface area contributed by atoms with E-state index in [1.165, 1.54) is 16.7 Å². The van der Waals surface area contributed by atoms with E-state index in [4.69, 9.17) is 0 Å². The molecular weight excluding hydrogens is 322 g/mol. The maximum atomic E-state index is 4.39. The second-order valence-corrected chi connectivity index (χ2v) is 6.67. The van der Waals surface area contributed by atoms with Crippen molar-refractivity contribution in [3.63, 3.8) is 0 Å². The van der Waals surface area contributed by atoms with Crippen molar-refractivity contribution in [3.8, 4) is 0 Å². The van der Waals surface area contributed by atoms with Crippen molar-refractivity contribution in [1.29, 1.82) is 0 Å². The molecule has 1 aromatic carbocycles. The molecule has 0 aliphatic carbocycles. The highest BCUT2D eigenvalue weighted by Crippen LogP contribution is 2.16. The summed E-state index contributed by atoms with van der Waals surface area (Å²) < 4.78 is 3.97. The van der Waals surface area contributed by atoms with Gasteiger partial charge in [0.1, 0.15) is 0 Å². The van der Waals surface area contributed by atoms with Gasteiger partial charge in [0.05, 0.1) is 12.5 Å². The van der Waals surface area contributed by atoms with Gasteiger partial charge in [-0.2, -0.15) is 5.10 Å². The maximum Gasteiger partial charge on any atom is 0.0945 e. The highest BCUT2D eigenvalue weighted by molar-refractivity contribution is 5.27. The Balaban J connectivity index is 1.70. The molecule has 0 saturated carbocycles. The highest BCUT2D eigenvalue weighted by atomic mass is 15.3. The molecule has 5 nitrogen and oxygen atoms in total. The van der Waals surface area contributed by atoms with Gasteiger partial charge in [0, 0.05) is 56.0 Å². The zero-order chi connectivity index (χ0) is 18.4. The van der Waals surface area contributed by atoms with Crippen molar-refractivity contribution in [1.82, 2.24) is 24.2 Å². The summed E-state index contributed by atoms with van der Waals surface area (Å²) in [5.41, 5.74) is 5.13. The molecule has 0 fully saturated rings. The fraction of sp³-hybridized carbons (Fsp3) is 0.333. The molecule has 0 N–H and O–H groups in total. The van der Waals surface area contributed by atoms with E-state index in [-0.39, 0.29) is 0 Å². The molecule has 3 aromatic rings. The van der Waals surface area contributed by atoms with Gasteiger partial charge in [0.2, 0.25) is 0 Å². The zero-order valence-electron chi connectivity index (χ0n) is 15.7. The number of nitrogens with zero attached hydrogens (tertiary/aromatic N) is 5. The Bertz CT molecular complexity index is 832. The van der Waals surface area contributed by atoms with Gasteiger partial charge in [0.15, 0.2) is 0 Å². The molecule has 0 unspecified atom stereocenters. The molecule has 0 spiro atoms. The zero-order valence-corrected chi connectivity index (χ0v) is 15.7. The second kappa shape index (κ2) is 8.63. The van der Waals surface area contributed by atoms with Crippen LogP contribution in [0.4, 0.5) is 0 Å². The minimum atomic E-state index is 0.887. The summed E-state index contributed by atoms with van der Waals surface area (Å²) in [5, 5.41) is 4.39. The molecule has 0 radical (unpaired) electrons. The SMILES string of the molecule is C=Cn1ncc(CN(CCCn2ccnc2)Cc2ccccc2C)c1C. The molecule has 136 valence electrons. The van der Waals surface area contributed by atoms with Crippen LogP contribution < -0.4 is 0 Å².